The Hall–Kier alpha value is -1.45. The Morgan fingerprint density at radius 2 is 2.55 bits per heavy atom. The predicted molar refractivity (Wildman–Crippen MR) is 42.3 cm³/mol. The monoisotopic (exact) mass is 149 g/mol. The summed E-state index contributed by atoms with van der Waals surface area (Å²) in [7, 11) is 1.98. The molecule has 0 amide bonds. The molecule has 56 valence electrons. The Morgan fingerprint density at radius 3 is 3.27 bits per heavy atom. The maximum Gasteiger partial charge on any atom is 0.268 e. The Kier molecular flexibility index (Phi) is 1.15. The van der Waals surface area contributed by atoms with Crippen molar-refractivity contribution >= 4 is 18.2 Å². The van der Waals surface area contributed by atoms with Crippen LogP contribution in [-0.2, 0) is 0 Å². The second-order valence-electron chi connectivity index (χ2n) is 2.61. The van der Waals surface area contributed by atoms with E-state index in [1.807, 2.05) is 16.5 Å². The average Bonchev–Trinajstić information content (AvgIpc) is 2.30. The third-order valence-corrected chi connectivity index (χ3v) is 1.76. The van der Waals surface area contributed by atoms with Crippen LogP contribution in [0, 0.1) is 0 Å². The van der Waals surface area contributed by atoms with Crippen LogP contribution < -0.4 is 4.90 Å². The summed E-state index contributed by atoms with van der Waals surface area (Å²) in [6.07, 6.45) is 3.33. The topological polar surface area (TPSA) is 32.0 Å². The van der Waals surface area contributed by atoms with Gasteiger partial charge in [-0.3, -0.25) is 4.90 Å². The summed E-state index contributed by atoms with van der Waals surface area (Å²) in [5.41, 5.74) is 0.995. The first kappa shape index (κ1) is 6.27. The number of nitrogens with zero attached hydrogens (tertiary/aromatic N) is 4. The van der Waals surface area contributed by atoms with E-state index in [2.05, 4.69) is 16.7 Å². The zero-order valence-corrected chi connectivity index (χ0v) is 6.36. The molecule has 1 aromatic heterocycles. The molecule has 0 aliphatic carbocycles. The molecule has 0 bridgehead atoms. The van der Waals surface area contributed by atoms with Crippen LogP contribution in [0.15, 0.2) is 12.5 Å². The highest BCUT2D eigenvalue weighted by Gasteiger charge is 2.27. The number of hydrogen-bond donors (Lipinski definition) is 0. The van der Waals surface area contributed by atoms with Crippen molar-refractivity contribution in [2.24, 2.45) is 0 Å². The van der Waals surface area contributed by atoms with Gasteiger partial charge in [-0.15, -0.1) is 0 Å². The first-order valence-corrected chi connectivity index (χ1v) is 3.38. The van der Waals surface area contributed by atoms with Gasteiger partial charge in [-0.2, -0.15) is 4.58 Å². The zero-order valence-electron chi connectivity index (χ0n) is 6.36. The van der Waals surface area contributed by atoms with Crippen molar-refractivity contribution in [1.29, 1.82) is 0 Å². The second kappa shape index (κ2) is 2.02. The highest BCUT2D eigenvalue weighted by molar-refractivity contribution is 5.59. The zero-order chi connectivity index (χ0) is 7.84. The lowest BCUT2D eigenvalue weighted by Crippen LogP contribution is -2.17. The van der Waals surface area contributed by atoms with Crippen molar-refractivity contribution in [1.82, 2.24) is 9.97 Å². The summed E-state index contributed by atoms with van der Waals surface area (Å²) in [5.74, 6) is 0.954. The van der Waals surface area contributed by atoms with E-state index in [1.165, 1.54) is 0 Å². The van der Waals surface area contributed by atoms with Crippen LogP contribution in [0.2, 0.25) is 0 Å². The van der Waals surface area contributed by atoms with Gasteiger partial charge in [0.1, 0.15) is 19.2 Å². The molecule has 0 aromatic carbocycles. The standard InChI is InChI=1S/C7H9N4/c1-10-5-11(2)7-6(10)3-8-4-9-7/h3-4H,1,5H2,2H3/q+1. The minimum Gasteiger partial charge on any atom is -0.298 e. The van der Waals surface area contributed by atoms with Crippen molar-refractivity contribution in [3.05, 3.63) is 12.5 Å². The molecule has 0 spiro atoms. The minimum absolute atomic E-state index is 0.786. The highest BCUT2D eigenvalue weighted by atomic mass is 15.3. The van der Waals surface area contributed by atoms with Gasteiger partial charge in [0.2, 0.25) is 12.5 Å². The minimum atomic E-state index is 0.786. The molecular weight excluding hydrogens is 140 g/mol. The summed E-state index contributed by atoms with van der Waals surface area (Å²) < 4.78 is 1.87. The van der Waals surface area contributed by atoms with Crippen LogP contribution in [0.4, 0.5) is 11.5 Å². The summed E-state index contributed by atoms with van der Waals surface area (Å²) >= 11 is 0. The molecule has 0 N–H and O–H groups in total. The van der Waals surface area contributed by atoms with Crippen LogP contribution in [-0.4, -0.2) is 35.0 Å². The lowest BCUT2D eigenvalue weighted by atomic mass is 10.5. The quantitative estimate of drug-likeness (QED) is 0.495. The van der Waals surface area contributed by atoms with E-state index in [0.29, 0.717) is 0 Å². The fourth-order valence-electron chi connectivity index (χ4n) is 1.23. The van der Waals surface area contributed by atoms with E-state index >= 15 is 0 Å². The van der Waals surface area contributed by atoms with Gasteiger partial charge in [0.05, 0.1) is 0 Å². The van der Waals surface area contributed by atoms with Crippen molar-refractivity contribution in [2.75, 3.05) is 18.6 Å². The normalized spacial score (nSPS) is 15.4. The molecular formula is C7H9N4+. The van der Waals surface area contributed by atoms with Crippen LogP contribution >= 0.6 is 0 Å². The predicted octanol–water partition coefficient (Wildman–Crippen LogP) is 0.228. The van der Waals surface area contributed by atoms with Gasteiger partial charge in [0, 0.05) is 7.05 Å². The maximum absolute atomic E-state index is 4.12. The van der Waals surface area contributed by atoms with Crippen LogP contribution in [0.25, 0.3) is 0 Å². The third kappa shape index (κ3) is 0.790. The van der Waals surface area contributed by atoms with E-state index in [-0.39, 0.29) is 0 Å². The first-order valence-electron chi connectivity index (χ1n) is 3.38. The summed E-state index contributed by atoms with van der Waals surface area (Å²) in [5, 5.41) is 0. The largest absolute Gasteiger partial charge is 0.298 e. The van der Waals surface area contributed by atoms with Crippen molar-refractivity contribution in [3.63, 3.8) is 0 Å². The molecule has 11 heavy (non-hydrogen) atoms. The molecule has 4 heteroatoms. The van der Waals surface area contributed by atoms with E-state index in [1.54, 1.807) is 12.5 Å². The number of fused-ring (bicyclic) bond motifs is 1. The number of aromatic nitrogens is 2. The molecule has 1 aromatic rings. The lowest BCUT2D eigenvalue weighted by Gasteiger charge is -2.01. The Morgan fingerprint density at radius 1 is 1.73 bits per heavy atom. The summed E-state index contributed by atoms with van der Waals surface area (Å²) in [4.78, 5) is 10.1. The number of rotatable bonds is 0. The van der Waals surface area contributed by atoms with E-state index < -0.39 is 0 Å². The van der Waals surface area contributed by atoms with Gasteiger partial charge < -0.3 is 0 Å². The molecule has 2 heterocycles. The van der Waals surface area contributed by atoms with Gasteiger partial charge in [-0.25, -0.2) is 9.97 Å². The molecule has 2 rings (SSSR count). The molecule has 4 nitrogen and oxygen atoms in total. The second-order valence-corrected chi connectivity index (χ2v) is 2.61. The highest BCUT2D eigenvalue weighted by Crippen LogP contribution is 2.28. The van der Waals surface area contributed by atoms with Crippen LogP contribution in [0.3, 0.4) is 0 Å². The van der Waals surface area contributed by atoms with Crippen LogP contribution in [0.5, 0.6) is 0 Å². The van der Waals surface area contributed by atoms with Gasteiger partial charge in [0.15, 0.2) is 0 Å². The summed E-state index contributed by atoms with van der Waals surface area (Å²) in [6, 6.07) is 0. The average molecular weight is 149 g/mol. The van der Waals surface area contributed by atoms with Crippen molar-refractivity contribution < 1.29 is 4.58 Å². The molecule has 0 saturated heterocycles. The van der Waals surface area contributed by atoms with E-state index in [9.17, 15) is 0 Å². The molecule has 1 aliphatic heterocycles. The molecule has 0 saturated carbocycles. The van der Waals surface area contributed by atoms with Crippen molar-refractivity contribution in [3.8, 4) is 0 Å². The lowest BCUT2D eigenvalue weighted by molar-refractivity contribution is -0.419. The molecule has 1 aliphatic rings. The van der Waals surface area contributed by atoms with Crippen LogP contribution in [0.1, 0.15) is 0 Å². The summed E-state index contributed by atoms with van der Waals surface area (Å²) in [6.45, 7) is 4.63. The molecule has 0 atom stereocenters. The van der Waals surface area contributed by atoms with E-state index in [4.69, 9.17) is 0 Å². The van der Waals surface area contributed by atoms with Gasteiger partial charge in [-0.05, 0) is 0 Å². The maximum atomic E-state index is 4.12. The third-order valence-electron chi connectivity index (χ3n) is 1.76. The SMILES string of the molecule is C=[N+]1CN(C)c2ncncc21. The van der Waals surface area contributed by atoms with E-state index in [0.717, 1.165) is 18.2 Å². The fraction of sp³-hybridized carbons (Fsp3) is 0.286. The molecule has 0 unspecified atom stereocenters. The smallest absolute Gasteiger partial charge is 0.268 e. The van der Waals surface area contributed by atoms with Crippen molar-refractivity contribution in [2.45, 2.75) is 0 Å². The Balaban J connectivity index is 2.60. The first-order chi connectivity index (χ1) is 5.29. The molecule has 0 radical (unpaired) electrons. The van der Waals surface area contributed by atoms with Gasteiger partial charge in [-0.1, -0.05) is 0 Å². The Bertz CT molecular complexity index is 307. The fourth-order valence-corrected chi connectivity index (χ4v) is 1.23. The number of hydrogen-bond acceptors (Lipinski definition) is 3. The van der Waals surface area contributed by atoms with Gasteiger partial charge >= 0.3 is 0 Å². The number of anilines is 1. The van der Waals surface area contributed by atoms with Gasteiger partial charge in [0.25, 0.3) is 5.69 Å². The molecule has 0 fully saturated rings. The Labute approximate surface area is 64.8 Å².